The van der Waals surface area contributed by atoms with E-state index in [1.165, 1.54) is 6.07 Å². The number of aromatic carboxylic acids is 1. The van der Waals surface area contributed by atoms with Crippen LogP contribution in [0.2, 0.25) is 0 Å². The number of nitrogens with two attached hydrogens (primary N) is 1. The molecule has 4 nitrogen and oxygen atoms in total. The molecule has 0 saturated carbocycles. The van der Waals surface area contributed by atoms with Crippen LogP contribution < -0.4 is 10.6 Å². The molecule has 0 aliphatic carbocycles. The highest BCUT2D eigenvalue weighted by Crippen LogP contribution is 2.25. The van der Waals surface area contributed by atoms with Gasteiger partial charge in [0.25, 0.3) is 0 Å². The molecule has 1 rings (SSSR count). The summed E-state index contributed by atoms with van der Waals surface area (Å²) < 4.78 is 13.7. The number of anilines is 2. The molecule has 94 valence electrons. The first kappa shape index (κ1) is 13.3. The first-order valence-corrected chi connectivity index (χ1v) is 5.58. The predicted molar refractivity (Wildman–Crippen MR) is 65.9 cm³/mol. The monoisotopic (exact) mass is 240 g/mol. The highest BCUT2D eigenvalue weighted by molar-refractivity contribution is 5.95. The summed E-state index contributed by atoms with van der Waals surface area (Å²) in [6, 6.07) is 2.36. The molecule has 1 aromatic carbocycles. The summed E-state index contributed by atoms with van der Waals surface area (Å²) in [5.41, 5.74) is 5.65. The third-order valence-electron chi connectivity index (χ3n) is 2.57. The van der Waals surface area contributed by atoms with Crippen molar-refractivity contribution in [1.29, 1.82) is 0 Å². The van der Waals surface area contributed by atoms with Crippen LogP contribution in [0.4, 0.5) is 15.8 Å². The largest absolute Gasteiger partial charge is 0.478 e. The standard InChI is InChI=1S/C12H17FN2O2/c1-3-5-15(4-2)11-6-8(12(16)17)10(14)7-9(11)13/h6-7H,3-5,14H2,1-2H3,(H,16,17). The van der Waals surface area contributed by atoms with Gasteiger partial charge in [-0.05, 0) is 25.5 Å². The van der Waals surface area contributed by atoms with Crippen molar-refractivity contribution >= 4 is 17.3 Å². The lowest BCUT2D eigenvalue weighted by molar-refractivity contribution is 0.0698. The van der Waals surface area contributed by atoms with Gasteiger partial charge >= 0.3 is 5.97 Å². The summed E-state index contributed by atoms with van der Waals surface area (Å²) in [5.74, 6) is -1.63. The van der Waals surface area contributed by atoms with Crippen molar-refractivity contribution in [1.82, 2.24) is 0 Å². The first-order chi connectivity index (χ1) is 8.01. The molecule has 0 amide bonds. The van der Waals surface area contributed by atoms with Gasteiger partial charge < -0.3 is 15.7 Å². The topological polar surface area (TPSA) is 66.6 Å². The van der Waals surface area contributed by atoms with E-state index in [4.69, 9.17) is 10.8 Å². The number of nitrogen functional groups attached to an aromatic ring is 1. The van der Waals surface area contributed by atoms with Gasteiger partial charge in [-0.1, -0.05) is 6.92 Å². The summed E-state index contributed by atoms with van der Waals surface area (Å²) in [4.78, 5) is 12.7. The molecule has 0 fully saturated rings. The molecular formula is C12H17FN2O2. The van der Waals surface area contributed by atoms with Gasteiger partial charge in [-0.2, -0.15) is 0 Å². The van der Waals surface area contributed by atoms with Crippen LogP contribution in [0.5, 0.6) is 0 Å². The second-order valence-corrected chi connectivity index (χ2v) is 3.78. The molecule has 17 heavy (non-hydrogen) atoms. The molecule has 0 unspecified atom stereocenters. The average Bonchev–Trinajstić information content (AvgIpc) is 2.26. The third kappa shape index (κ3) is 2.87. The van der Waals surface area contributed by atoms with E-state index in [1.807, 2.05) is 13.8 Å². The van der Waals surface area contributed by atoms with Crippen LogP contribution in [-0.2, 0) is 0 Å². The Hall–Kier alpha value is -1.78. The van der Waals surface area contributed by atoms with Crippen LogP contribution in [0.25, 0.3) is 0 Å². The summed E-state index contributed by atoms with van der Waals surface area (Å²) in [6.45, 7) is 5.17. The molecule has 0 bridgehead atoms. The lowest BCUT2D eigenvalue weighted by atomic mass is 10.1. The van der Waals surface area contributed by atoms with Crippen molar-refractivity contribution in [3.8, 4) is 0 Å². The number of hydrogen-bond acceptors (Lipinski definition) is 3. The fourth-order valence-corrected chi connectivity index (χ4v) is 1.72. The minimum Gasteiger partial charge on any atom is -0.478 e. The lowest BCUT2D eigenvalue weighted by Gasteiger charge is -2.23. The number of carbonyl (C=O) groups is 1. The second kappa shape index (κ2) is 5.52. The highest BCUT2D eigenvalue weighted by Gasteiger charge is 2.16. The van der Waals surface area contributed by atoms with E-state index in [0.717, 1.165) is 12.5 Å². The van der Waals surface area contributed by atoms with E-state index in [2.05, 4.69) is 0 Å². The Bertz CT molecular complexity index is 421. The minimum atomic E-state index is -1.14. The maximum atomic E-state index is 13.7. The Labute approximate surface area is 99.8 Å². The van der Waals surface area contributed by atoms with Gasteiger partial charge in [-0.15, -0.1) is 0 Å². The molecule has 0 aliphatic rings. The Kier molecular flexibility index (Phi) is 4.31. The van der Waals surface area contributed by atoms with Crippen LogP contribution >= 0.6 is 0 Å². The smallest absolute Gasteiger partial charge is 0.337 e. The molecule has 0 atom stereocenters. The first-order valence-electron chi connectivity index (χ1n) is 5.58. The van der Waals surface area contributed by atoms with Crippen molar-refractivity contribution < 1.29 is 14.3 Å². The van der Waals surface area contributed by atoms with Crippen molar-refractivity contribution in [2.75, 3.05) is 23.7 Å². The van der Waals surface area contributed by atoms with Crippen molar-refractivity contribution in [3.05, 3.63) is 23.5 Å². The van der Waals surface area contributed by atoms with Crippen LogP contribution in [0.15, 0.2) is 12.1 Å². The molecule has 5 heteroatoms. The fraction of sp³-hybridized carbons (Fsp3) is 0.417. The van der Waals surface area contributed by atoms with E-state index < -0.39 is 11.8 Å². The van der Waals surface area contributed by atoms with E-state index in [0.29, 0.717) is 18.8 Å². The average molecular weight is 240 g/mol. The summed E-state index contributed by atoms with van der Waals surface area (Å²) in [7, 11) is 0. The molecule has 0 aromatic heterocycles. The van der Waals surface area contributed by atoms with Crippen molar-refractivity contribution in [3.63, 3.8) is 0 Å². The Morgan fingerprint density at radius 1 is 1.47 bits per heavy atom. The minimum absolute atomic E-state index is 0.0497. The van der Waals surface area contributed by atoms with Crippen LogP contribution in [0.1, 0.15) is 30.6 Å². The quantitative estimate of drug-likeness (QED) is 0.775. The van der Waals surface area contributed by atoms with Gasteiger partial charge in [0, 0.05) is 18.8 Å². The maximum absolute atomic E-state index is 13.7. The van der Waals surface area contributed by atoms with E-state index in [-0.39, 0.29) is 11.3 Å². The number of nitrogens with zero attached hydrogens (tertiary/aromatic N) is 1. The SMILES string of the molecule is CCCN(CC)c1cc(C(=O)O)c(N)cc1F. The van der Waals surface area contributed by atoms with Gasteiger partial charge in [0.2, 0.25) is 0 Å². The Morgan fingerprint density at radius 2 is 2.12 bits per heavy atom. The number of halogens is 1. The molecule has 0 spiro atoms. The molecule has 0 heterocycles. The molecule has 0 saturated heterocycles. The molecular weight excluding hydrogens is 223 g/mol. The summed E-state index contributed by atoms with van der Waals surface area (Å²) in [6.07, 6.45) is 0.861. The number of carboxylic acids is 1. The van der Waals surface area contributed by atoms with Crippen LogP contribution in [0.3, 0.4) is 0 Å². The van der Waals surface area contributed by atoms with Gasteiger partial charge in [-0.3, -0.25) is 0 Å². The number of carboxylic acid groups (broad SMARTS) is 1. The second-order valence-electron chi connectivity index (χ2n) is 3.78. The normalized spacial score (nSPS) is 10.3. The third-order valence-corrected chi connectivity index (χ3v) is 2.57. The van der Waals surface area contributed by atoms with E-state index >= 15 is 0 Å². The Morgan fingerprint density at radius 3 is 2.59 bits per heavy atom. The highest BCUT2D eigenvalue weighted by atomic mass is 19.1. The number of hydrogen-bond donors (Lipinski definition) is 2. The summed E-state index contributed by atoms with van der Waals surface area (Å²) in [5, 5.41) is 8.94. The zero-order chi connectivity index (χ0) is 13.0. The lowest BCUT2D eigenvalue weighted by Crippen LogP contribution is -2.25. The van der Waals surface area contributed by atoms with Gasteiger partial charge in [0.05, 0.1) is 11.3 Å². The van der Waals surface area contributed by atoms with Gasteiger partial charge in [-0.25, -0.2) is 9.18 Å². The van der Waals surface area contributed by atoms with Crippen molar-refractivity contribution in [2.24, 2.45) is 0 Å². The number of benzene rings is 1. The number of rotatable bonds is 5. The summed E-state index contributed by atoms with van der Waals surface area (Å²) >= 11 is 0. The molecule has 0 aliphatic heterocycles. The molecule has 1 aromatic rings. The van der Waals surface area contributed by atoms with Crippen LogP contribution in [0, 0.1) is 5.82 Å². The maximum Gasteiger partial charge on any atom is 0.337 e. The zero-order valence-corrected chi connectivity index (χ0v) is 10.0. The van der Waals surface area contributed by atoms with E-state index in [9.17, 15) is 9.18 Å². The molecule has 3 N–H and O–H groups in total. The van der Waals surface area contributed by atoms with Crippen LogP contribution in [-0.4, -0.2) is 24.2 Å². The van der Waals surface area contributed by atoms with Crippen molar-refractivity contribution in [2.45, 2.75) is 20.3 Å². The fourth-order valence-electron chi connectivity index (χ4n) is 1.72. The van der Waals surface area contributed by atoms with Gasteiger partial charge in [0.1, 0.15) is 5.82 Å². The predicted octanol–water partition coefficient (Wildman–Crippen LogP) is 2.34. The van der Waals surface area contributed by atoms with E-state index in [1.54, 1.807) is 4.90 Å². The molecule has 0 radical (unpaired) electrons. The van der Waals surface area contributed by atoms with Gasteiger partial charge in [0.15, 0.2) is 0 Å². The Balaban J connectivity index is 3.22. The zero-order valence-electron chi connectivity index (χ0n) is 10.0.